The van der Waals surface area contributed by atoms with Gasteiger partial charge in [0.1, 0.15) is 11.0 Å². The number of aromatic nitrogens is 3. The standard InChI is InChI=1S/C13H11N3.C8H9NO2/c1-10-6-5-9-12-13(10)15-16(14-12)11-7-3-2-4-8-11;10-7-5-3-1-2-4-6(5)8(11)9-7/h2-9H,1H3;1,3,5-6H,2,4H2,(H,9,10,11). The SMILES string of the molecule is Cc1cccc2nn(-c3ccccc3)nc12.O=C1NC(=O)C2CCC=CC12. The Morgan fingerprint density at radius 1 is 1.00 bits per heavy atom. The van der Waals surface area contributed by atoms with E-state index in [0.29, 0.717) is 0 Å². The zero-order valence-electron chi connectivity index (χ0n) is 15.0. The number of carbonyl (C=O) groups excluding carboxylic acids is 2. The van der Waals surface area contributed by atoms with Gasteiger partial charge in [-0.1, -0.05) is 42.5 Å². The molecule has 2 atom stereocenters. The molecule has 1 fully saturated rings. The quantitative estimate of drug-likeness (QED) is 0.535. The van der Waals surface area contributed by atoms with Gasteiger partial charge < -0.3 is 0 Å². The normalized spacial score (nSPS) is 20.8. The fourth-order valence-corrected chi connectivity index (χ4v) is 3.44. The lowest BCUT2D eigenvalue weighted by Gasteiger charge is -2.14. The molecule has 0 radical (unpaired) electrons. The molecule has 6 heteroatoms. The molecule has 1 aromatic heterocycles. The van der Waals surface area contributed by atoms with Crippen LogP contribution in [0.3, 0.4) is 0 Å². The van der Waals surface area contributed by atoms with E-state index in [0.717, 1.165) is 35.1 Å². The van der Waals surface area contributed by atoms with Gasteiger partial charge in [0.05, 0.1) is 17.5 Å². The van der Waals surface area contributed by atoms with Crippen molar-refractivity contribution < 1.29 is 9.59 Å². The Kier molecular flexibility index (Phi) is 4.54. The van der Waals surface area contributed by atoms with Crippen molar-refractivity contribution in [2.24, 2.45) is 11.8 Å². The van der Waals surface area contributed by atoms with Gasteiger partial charge in [-0.25, -0.2) is 0 Å². The van der Waals surface area contributed by atoms with E-state index >= 15 is 0 Å². The van der Waals surface area contributed by atoms with Crippen LogP contribution >= 0.6 is 0 Å². The van der Waals surface area contributed by atoms with Crippen LogP contribution in [0.25, 0.3) is 16.7 Å². The van der Waals surface area contributed by atoms with Crippen molar-refractivity contribution >= 4 is 22.8 Å². The first-order valence-corrected chi connectivity index (χ1v) is 9.03. The van der Waals surface area contributed by atoms with Crippen LogP contribution in [0.2, 0.25) is 0 Å². The van der Waals surface area contributed by atoms with E-state index in [9.17, 15) is 9.59 Å². The number of benzene rings is 2. The van der Waals surface area contributed by atoms with Crippen LogP contribution in [0.5, 0.6) is 0 Å². The average molecular weight is 360 g/mol. The second-order valence-corrected chi connectivity index (χ2v) is 6.76. The number of para-hydroxylation sites is 1. The Bertz CT molecular complexity index is 1020. The van der Waals surface area contributed by atoms with Gasteiger partial charge in [-0.3, -0.25) is 14.9 Å². The number of aryl methyl sites for hydroxylation is 1. The van der Waals surface area contributed by atoms with Gasteiger partial charge >= 0.3 is 0 Å². The van der Waals surface area contributed by atoms with E-state index in [-0.39, 0.29) is 23.7 Å². The van der Waals surface area contributed by atoms with Gasteiger partial charge in [0.15, 0.2) is 0 Å². The third-order valence-electron chi connectivity index (χ3n) is 4.91. The molecule has 2 aromatic carbocycles. The number of nitrogens with zero attached hydrogens (tertiary/aromatic N) is 3. The smallest absolute Gasteiger partial charge is 0.234 e. The van der Waals surface area contributed by atoms with Crippen molar-refractivity contribution in [3.05, 3.63) is 66.2 Å². The molecular weight excluding hydrogens is 340 g/mol. The molecule has 27 heavy (non-hydrogen) atoms. The summed E-state index contributed by atoms with van der Waals surface area (Å²) < 4.78 is 0. The fourth-order valence-electron chi connectivity index (χ4n) is 3.44. The molecule has 1 N–H and O–H groups in total. The highest BCUT2D eigenvalue weighted by atomic mass is 16.2. The van der Waals surface area contributed by atoms with Crippen LogP contribution < -0.4 is 5.32 Å². The predicted octanol–water partition coefficient (Wildman–Crippen LogP) is 2.95. The largest absolute Gasteiger partial charge is 0.296 e. The fraction of sp³-hybridized carbons (Fsp3) is 0.238. The molecule has 2 heterocycles. The summed E-state index contributed by atoms with van der Waals surface area (Å²) in [5.41, 5.74) is 4.04. The second-order valence-electron chi connectivity index (χ2n) is 6.76. The Labute approximate surface area is 156 Å². The number of imide groups is 1. The number of hydrogen-bond acceptors (Lipinski definition) is 4. The molecule has 0 saturated carbocycles. The first kappa shape index (κ1) is 17.1. The molecule has 6 nitrogen and oxygen atoms in total. The molecule has 2 amide bonds. The van der Waals surface area contributed by atoms with Crippen molar-refractivity contribution in [1.29, 1.82) is 0 Å². The van der Waals surface area contributed by atoms with Gasteiger partial charge in [0, 0.05) is 0 Å². The molecule has 5 rings (SSSR count). The van der Waals surface area contributed by atoms with Crippen molar-refractivity contribution in [1.82, 2.24) is 20.3 Å². The van der Waals surface area contributed by atoms with Gasteiger partial charge in [-0.05, 0) is 43.5 Å². The third-order valence-corrected chi connectivity index (χ3v) is 4.91. The monoisotopic (exact) mass is 360 g/mol. The summed E-state index contributed by atoms with van der Waals surface area (Å²) in [4.78, 5) is 23.8. The van der Waals surface area contributed by atoms with Crippen LogP contribution in [0.4, 0.5) is 0 Å². The highest BCUT2D eigenvalue weighted by Crippen LogP contribution is 2.28. The number of allylic oxidation sites excluding steroid dienone is 1. The van der Waals surface area contributed by atoms with Crippen molar-refractivity contribution in [3.63, 3.8) is 0 Å². The number of carbonyl (C=O) groups is 2. The minimum Gasteiger partial charge on any atom is -0.296 e. The number of fused-ring (bicyclic) bond motifs is 2. The van der Waals surface area contributed by atoms with Crippen LogP contribution in [0, 0.1) is 18.8 Å². The van der Waals surface area contributed by atoms with E-state index in [1.165, 1.54) is 0 Å². The molecule has 3 aromatic rings. The van der Waals surface area contributed by atoms with Gasteiger partial charge in [0.2, 0.25) is 11.8 Å². The molecule has 1 saturated heterocycles. The molecule has 1 aliphatic carbocycles. The number of nitrogens with one attached hydrogen (secondary N) is 1. The summed E-state index contributed by atoms with van der Waals surface area (Å²) in [5, 5.41) is 11.3. The summed E-state index contributed by atoms with van der Waals surface area (Å²) in [7, 11) is 0. The van der Waals surface area contributed by atoms with E-state index in [2.05, 4.69) is 15.5 Å². The molecule has 136 valence electrons. The summed E-state index contributed by atoms with van der Waals surface area (Å²) in [5.74, 6) is -0.468. The van der Waals surface area contributed by atoms with Crippen LogP contribution in [0.15, 0.2) is 60.7 Å². The Morgan fingerprint density at radius 2 is 1.81 bits per heavy atom. The van der Waals surface area contributed by atoms with Crippen molar-refractivity contribution in [3.8, 4) is 5.69 Å². The lowest BCUT2D eigenvalue weighted by Crippen LogP contribution is -2.21. The molecule has 0 bridgehead atoms. The lowest BCUT2D eigenvalue weighted by molar-refractivity contribution is -0.126. The molecule has 2 unspecified atom stereocenters. The van der Waals surface area contributed by atoms with E-state index in [4.69, 9.17) is 0 Å². The van der Waals surface area contributed by atoms with Gasteiger partial charge in [-0.15, -0.1) is 10.2 Å². The predicted molar refractivity (Wildman–Crippen MR) is 102 cm³/mol. The Hall–Kier alpha value is -3.28. The first-order chi connectivity index (χ1) is 13.1. The van der Waals surface area contributed by atoms with E-state index < -0.39 is 0 Å². The Morgan fingerprint density at radius 3 is 2.56 bits per heavy atom. The minimum atomic E-state index is -0.170. The second kappa shape index (κ2) is 7.15. The molecular formula is C21H20N4O2. The maximum atomic E-state index is 11.1. The van der Waals surface area contributed by atoms with E-state index in [1.54, 1.807) is 4.80 Å². The lowest BCUT2D eigenvalue weighted by atomic mass is 9.86. The summed E-state index contributed by atoms with van der Waals surface area (Å²) in [6.07, 6.45) is 5.55. The topological polar surface area (TPSA) is 76.9 Å². The Balaban J connectivity index is 0.000000143. The van der Waals surface area contributed by atoms with Crippen molar-refractivity contribution in [2.75, 3.05) is 0 Å². The highest BCUT2D eigenvalue weighted by molar-refractivity contribution is 6.06. The molecule has 0 spiro atoms. The number of amides is 2. The summed E-state index contributed by atoms with van der Waals surface area (Å²) in [6.45, 7) is 2.05. The maximum Gasteiger partial charge on any atom is 0.234 e. The molecule has 1 aliphatic heterocycles. The zero-order chi connectivity index (χ0) is 18.8. The van der Waals surface area contributed by atoms with E-state index in [1.807, 2.05) is 67.6 Å². The highest BCUT2D eigenvalue weighted by Gasteiger charge is 2.40. The number of hydrogen-bond donors (Lipinski definition) is 1. The number of rotatable bonds is 1. The van der Waals surface area contributed by atoms with Crippen LogP contribution in [-0.4, -0.2) is 26.8 Å². The van der Waals surface area contributed by atoms with Crippen LogP contribution in [-0.2, 0) is 9.59 Å². The first-order valence-electron chi connectivity index (χ1n) is 9.03. The van der Waals surface area contributed by atoms with Crippen LogP contribution in [0.1, 0.15) is 18.4 Å². The minimum absolute atomic E-state index is 0.0764. The van der Waals surface area contributed by atoms with Gasteiger partial charge in [-0.2, -0.15) is 4.80 Å². The average Bonchev–Trinajstić information content (AvgIpc) is 3.26. The van der Waals surface area contributed by atoms with Gasteiger partial charge in [0.25, 0.3) is 0 Å². The summed E-state index contributed by atoms with van der Waals surface area (Å²) in [6, 6.07) is 16.0. The zero-order valence-corrected chi connectivity index (χ0v) is 15.0. The summed E-state index contributed by atoms with van der Waals surface area (Å²) >= 11 is 0. The molecule has 2 aliphatic rings. The third kappa shape index (κ3) is 3.38. The maximum absolute atomic E-state index is 11.1. The van der Waals surface area contributed by atoms with Crippen molar-refractivity contribution in [2.45, 2.75) is 19.8 Å².